The SMILES string of the molecule is CCCCCCC(I)CNS(=O)(=O)c1ccc(C)cc1. The summed E-state index contributed by atoms with van der Waals surface area (Å²) in [6.45, 7) is 4.64. The number of halogens is 1. The maximum Gasteiger partial charge on any atom is 0.240 e. The Morgan fingerprint density at radius 3 is 2.40 bits per heavy atom. The molecule has 1 aromatic rings. The third-order valence-electron chi connectivity index (χ3n) is 3.20. The Morgan fingerprint density at radius 1 is 1.15 bits per heavy atom. The molecule has 0 spiro atoms. The van der Waals surface area contributed by atoms with Gasteiger partial charge < -0.3 is 0 Å². The van der Waals surface area contributed by atoms with Crippen molar-refractivity contribution in [1.82, 2.24) is 4.72 Å². The molecule has 0 aliphatic rings. The molecule has 0 saturated carbocycles. The lowest BCUT2D eigenvalue weighted by Crippen LogP contribution is -2.29. The van der Waals surface area contributed by atoms with Gasteiger partial charge in [0.1, 0.15) is 0 Å². The molecular formula is C15H24INO2S. The molecule has 1 unspecified atom stereocenters. The summed E-state index contributed by atoms with van der Waals surface area (Å²) in [5, 5.41) is 0. The number of unbranched alkanes of at least 4 members (excludes halogenated alkanes) is 3. The van der Waals surface area contributed by atoms with Gasteiger partial charge in [-0.05, 0) is 25.5 Å². The summed E-state index contributed by atoms with van der Waals surface area (Å²) in [6, 6.07) is 6.95. The van der Waals surface area contributed by atoms with Gasteiger partial charge in [-0.25, -0.2) is 13.1 Å². The number of hydrogen-bond donors (Lipinski definition) is 1. The van der Waals surface area contributed by atoms with Gasteiger partial charge in [-0.1, -0.05) is 72.9 Å². The normalized spacial score (nSPS) is 13.3. The second-order valence-electron chi connectivity index (χ2n) is 5.11. The molecule has 1 aromatic carbocycles. The largest absolute Gasteiger partial charge is 0.240 e. The Kier molecular flexibility index (Phi) is 8.06. The summed E-state index contributed by atoms with van der Waals surface area (Å²) in [5.41, 5.74) is 1.06. The van der Waals surface area contributed by atoms with Gasteiger partial charge in [-0.2, -0.15) is 0 Å². The number of aryl methyl sites for hydroxylation is 1. The van der Waals surface area contributed by atoms with E-state index in [9.17, 15) is 8.42 Å². The van der Waals surface area contributed by atoms with Crippen LogP contribution in [0, 0.1) is 6.92 Å². The number of benzene rings is 1. The molecule has 5 heteroatoms. The lowest BCUT2D eigenvalue weighted by atomic mass is 10.1. The van der Waals surface area contributed by atoms with Crippen molar-refractivity contribution in [2.45, 2.75) is 54.8 Å². The van der Waals surface area contributed by atoms with Crippen LogP contribution in [0.15, 0.2) is 29.2 Å². The lowest BCUT2D eigenvalue weighted by Gasteiger charge is -2.12. The zero-order valence-electron chi connectivity index (χ0n) is 12.2. The highest BCUT2D eigenvalue weighted by Gasteiger charge is 2.15. The van der Waals surface area contributed by atoms with Gasteiger partial charge in [-0.3, -0.25) is 0 Å². The van der Waals surface area contributed by atoms with Gasteiger partial charge in [-0.15, -0.1) is 0 Å². The second kappa shape index (κ2) is 9.00. The van der Waals surface area contributed by atoms with Crippen molar-refractivity contribution in [2.24, 2.45) is 0 Å². The van der Waals surface area contributed by atoms with Crippen LogP contribution in [-0.4, -0.2) is 18.9 Å². The van der Waals surface area contributed by atoms with Crippen LogP contribution in [0.1, 0.15) is 44.6 Å². The average molecular weight is 409 g/mol. The highest BCUT2D eigenvalue weighted by Crippen LogP contribution is 2.14. The molecule has 0 aromatic heterocycles. The van der Waals surface area contributed by atoms with E-state index in [1.165, 1.54) is 25.7 Å². The maximum absolute atomic E-state index is 12.1. The van der Waals surface area contributed by atoms with Crippen molar-refractivity contribution < 1.29 is 8.42 Å². The van der Waals surface area contributed by atoms with Crippen molar-refractivity contribution in [1.29, 1.82) is 0 Å². The average Bonchev–Trinajstić information content (AvgIpc) is 2.42. The predicted octanol–water partition coefficient (Wildman–Crippen LogP) is 4.05. The molecule has 20 heavy (non-hydrogen) atoms. The quantitative estimate of drug-likeness (QED) is 0.380. The van der Waals surface area contributed by atoms with Crippen LogP contribution in [0.2, 0.25) is 0 Å². The van der Waals surface area contributed by atoms with E-state index in [1.807, 2.05) is 19.1 Å². The molecule has 3 nitrogen and oxygen atoms in total. The second-order valence-corrected chi connectivity index (χ2v) is 8.64. The van der Waals surface area contributed by atoms with Crippen molar-refractivity contribution in [3.05, 3.63) is 29.8 Å². The van der Waals surface area contributed by atoms with Crippen LogP contribution in [0.3, 0.4) is 0 Å². The number of hydrogen-bond acceptors (Lipinski definition) is 2. The summed E-state index contributed by atoms with van der Waals surface area (Å²) in [7, 11) is -3.36. The molecule has 1 N–H and O–H groups in total. The fourth-order valence-corrected chi connectivity index (χ4v) is 3.94. The van der Waals surface area contributed by atoms with Gasteiger partial charge in [0, 0.05) is 10.5 Å². The van der Waals surface area contributed by atoms with Crippen LogP contribution in [0.5, 0.6) is 0 Å². The summed E-state index contributed by atoms with van der Waals surface area (Å²) in [5.74, 6) is 0. The number of rotatable bonds is 9. The van der Waals surface area contributed by atoms with Gasteiger partial charge in [0.25, 0.3) is 0 Å². The first-order valence-electron chi connectivity index (χ1n) is 7.16. The first kappa shape index (κ1) is 17.9. The van der Waals surface area contributed by atoms with Crippen molar-refractivity contribution >= 4 is 32.6 Å². The van der Waals surface area contributed by atoms with Crippen molar-refractivity contribution in [3.63, 3.8) is 0 Å². The molecule has 1 atom stereocenters. The zero-order chi connectivity index (χ0) is 15.0. The van der Waals surface area contributed by atoms with Gasteiger partial charge in [0.05, 0.1) is 4.90 Å². The minimum Gasteiger partial charge on any atom is -0.210 e. The van der Waals surface area contributed by atoms with Crippen molar-refractivity contribution in [2.75, 3.05) is 6.54 Å². The molecule has 1 rings (SSSR count). The Labute approximate surface area is 136 Å². The molecule has 0 heterocycles. The molecule has 0 amide bonds. The third-order valence-corrected chi connectivity index (χ3v) is 5.70. The van der Waals surface area contributed by atoms with Crippen LogP contribution in [0.4, 0.5) is 0 Å². The fraction of sp³-hybridized carbons (Fsp3) is 0.600. The van der Waals surface area contributed by atoms with E-state index < -0.39 is 10.0 Å². The smallest absolute Gasteiger partial charge is 0.210 e. The monoisotopic (exact) mass is 409 g/mol. The number of nitrogens with one attached hydrogen (secondary N) is 1. The summed E-state index contributed by atoms with van der Waals surface area (Å²) >= 11 is 2.33. The molecule has 0 saturated heterocycles. The Hall–Kier alpha value is -0.140. The van der Waals surface area contributed by atoms with Crippen LogP contribution < -0.4 is 4.72 Å². The van der Waals surface area contributed by atoms with Gasteiger partial charge >= 0.3 is 0 Å². The Morgan fingerprint density at radius 2 is 1.80 bits per heavy atom. The molecular weight excluding hydrogens is 385 g/mol. The summed E-state index contributed by atoms with van der Waals surface area (Å²) < 4.78 is 27.3. The molecule has 0 fully saturated rings. The first-order chi connectivity index (χ1) is 9.45. The molecule has 0 bridgehead atoms. The van der Waals surface area contributed by atoms with Gasteiger partial charge in [0.2, 0.25) is 10.0 Å². The number of sulfonamides is 1. The van der Waals surface area contributed by atoms with E-state index in [4.69, 9.17) is 0 Å². The van der Waals surface area contributed by atoms with E-state index in [1.54, 1.807) is 12.1 Å². The zero-order valence-corrected chi connectivity index (χ0v) is 15.2. The van der Waals surface area contributed by atoms with Crippen LogP contribution in [-0.2, 0) is 10.0 Å². The lowest BCUT2D eigenvalue weighted by molar-refractivity contribution is 0.574. The van der Waals surface area contributed by atoms with Crippen molar-refractivity contribution in [3.8, 4) is 0 Å². The molecule has 0 aliphatic heterocycles. The summed E-state index contributed by atoms with van der Waals surface area (Å²) in [4.78, 5) is 0.345. The topological polar surface area (TPSA) is 46.2 Å². The fourth-order valence-electron chi connectivity index (χ4n) is 1.90. The van der Waals surface area contributed by atoms with Crippen LogP contribution in [0.25, 0.3) is 0 Å². The molecule has 114 valence electrons. The van der Waals surface area contributed by atoms with Gasteiger partial charge in [0.15, 0.2) is 0 Å². The Balaban J connectivity index is 2.41. The van der Waals surface area contributed by atoms with E-state index >= 15 is 0 Å². The van der Waals surface area contributed by atoms with Crippen LogP contribution >= 0.6 is 22.6 Å². The maximum atomic E-state index is 12.1. The predicted molar refractivity (Wildman–Crippen MR) is 92.9 cm³/mol. The molecule has 0 radical (unpaired) electrons. The third kappa shape index (κ3) is 6.54. The summed E-state index contributed by atoms with van der Waals surface area (Å²) in [6.07, 6.45) is 5.97. The minimum atomic E-state index is -3.36. The Bertz CT molecular complexity index is 485. The van der Waals surface area contributed by atoms with E-state index in [-0.39, 0.29) is 0 Å². The standard InChI is InChI=1S/C15H24INO2S/c1-3-4-5-6-7-14(16)12-17-20(18,19)15-10-8-13(2)9-11-15/h8-11,14,17H,3-7,12H2,1-2H3. The highest BCUT2D eigenvalue weighted by molar-refractivity contribution is 14.1. The first-order valence-corrected chi connectivity index (χ1v) is 9.89. The van der Waals surface area contributed by atoms with E-state index in [0.717, 1.165) is 12.0 Å². The van der Waals surface area contributed by atoms with E-state index in [2.05, 4.69) is 34.2 Å². The number of alkyl halides is 1. The molecule has 0 aliphatic carbocycles. The minimum absolute atomic E-state index is 0.345. The van der Waals surface area contributed by atoms with E-state index in [0.29, 0.717) is 15.4 Å². The highest BCUT2D eigenvalue weighted by atomic mass is 127.